The lowest BCUT2D eigenvalue weighted by Crippen LogP contribution is -2.55. The van der Waals surface area contributed by atoms with Gasteiger partial charge in [-0.1, -0.05) is 31.2 Å². The molecule has 5 fully saturated rings. The largest absolute Gasteiger partial charge is 0.380 e. The molecule has 38 heavy (non-hydrogen) atoms. The van der Waals surface area contributed by atoms with Crippen LogP contribution in [-0.2, 0) is 9.47 Å². The van der Waals surface area contributed by atoms with E-state index in [4.69, 9.17) is 9.47 Å². The van der Waals surface area contributed by atoms with Gasteiger partial charge in [-0.2, -0.15) is 0 Å². The number of benzene rings is 1. The van der Waals surface area contributed by atoms with E-state index in [1.807, 2.05) is 12.4 Å². The van der Waals surface area contributed by atoms with E-state index >= 15 is 0 Å². The van der Waals surface area contributed by atoms with Crippen LogP contribution >= 0.6 is 0 Å². The highest BCUT2D eigenvalue weighted by Crippen LogP contribution is 2.69. The highest BCUT2D eigenvalue weighted by molar-refractivity contribution is 5.82. The van der Waals surface area contributed by atoms with Gasteiger partial charge in [0.2, 0.25) is 0 Å². The van der Waals surface area contributed by atoms with Crippen molar-refractivity contribution in [2.75, 3.05) is 26.3 Å². The Morgan fingerprint density at radius 2 is 1.97 bits per heavy atom. The van der Waals surface area contributed by atoms with Gasteiger partial charge >= 0.3 is 0 Å². The maximum Gasteiger partial charge on any atom is 0.0974 e. The summed E-state index contributed by atoms with van der Waals surface area (Å²) >= 11 is 0. The summed E-state index contributed by atoms with van der Waals surface area (Å²) in [6, 6.07) is 9.93. The molecule has 0 radical (unpaired) electrons. The lowest BCUT2D eigenvalue weighted by atomic mass is 9.58. The van der Waals surface area contributed by atoms with E-state index in [1.54, 1.807) is 5.57 Å². The quantitative estimate of drug-likeness (QED) is 0.460. The monoisotopic (exact) mass is 508 g/mol. The minimum Gasteiger partial charge on any atom is -0.380 e. The second kappa shape index (κ2) is 7.59. The molecule has 7 aliphatic rings. The number of nitrogens with zero attached hydrogens (tertiary/aromatic N) is 2. The highest BCUT2D eigenvalue weighted by Gasteiger charge is 2.67. The van der Waals surface area contributed by atoms with Gasteiger partial charge in [0.1, 0.15) is 0 Å². The number of hydrogen-bond donors (Lipinski definition) is 0. The molecule has 4 aliphatic heterocycles. The van der Waals surface area contributed by atoms with Crippen molar-refractivity contribution in [3.63, 3.8) is 0 Å². The van der Waals surface area contributed by atoms with E-state index in [0.29, 0.717) is 23.3 Å². The maximum atomic E-state index is 7.60. The number of aromatic nitrogens is 1. The zero-order valence-corrected chi connectivity index (χ0v) is 22.8. The first kappa shape index (κ1) is 22.8. The van der Waals surface area contributed by atoms with Gasteiger partial charge in [0, 0.05) is 35.8 Å². The third kappa shape index (κ3) is 2.90. The number of pyridine rings is 1. The fourth-order valence-corrected chi connectivity index (χ4v) is 10.5. The predicted octanol–water partition coefficient (Wildman–Crippen LogP) is 6.57. The van der Waals surface area contributed by atoms with Gasteiger partial charge in [0.05, 0.1) is 24.4 Å². The van der Waals surface area contributed by atoms with Gasteiger partial charge in [-0.3, -0.25) is 9.88 Å². The van der Waals surface area contributed by atoms with Crippen molar-refractivity contribution in [3.8, 4) is 0 Å². The Morgan fingerprint density at radius 3 is 2.84 bits per heavy atom. The number of ether oxygens (including phenoxy) is 2. The fraction of sp³-hybridized carbons (Fsp3) is 0.618. The summed E-state index contributed by atoms with van der Waals surface area (Å²) in [5, 5.41) is 2.56. The molecule has 3 saturated heterocycles. The number of likely N-dealkylation sites (tertiary alicyclic amines) is 1. The van der Waals surface area contributed by atoms with Crippen molar-refractivity contribution >= 4 is 10.8 Å². The third-order valence-corrected chi connectivity index (χ3v) is 12.5. The molecule has 6 atom stereocenters. The van der Waals surface area contributed by atoms with Crippen molar-refractivity contribution in [2.45, 2.75) is 87.9 Å². The lowest BCUT2D eigenvalue weighted by Gasteiger charge is -2.55. The molecule has 0 amide bonds. The molecule has 198 valence electrons. The van der Waals surface area contributed by atoms with Crippen molar-refractivity contribution < 1.29 is 9.47 Å². The minimum atomic E-state index is -0.0699. The molecule has 1 aromatic heterocycles. The van der Waals surface area contributed by atoms with Crippen LogP contribution in [0.4, 0.5) is 0 Å². The lowest BCUT2D eigenvalue weighted by molar-refractivity contribution is -0.142. The van der Waals surface area contributed by atoms with Crippen molar-refractivity contribution in [1.82, 2.24) is 9.88 Å². The topological polar surface area (TPSA) is 34.6 Å². The molecule has 4 heteroatoms. The maximum absolute atomic E-state index is 7.60. The smallest absolute Gasteiger partial charge is 0.0974 e. The van der Waals surface area contributed by atoms with E-state index in [1.165, 1.54) is 92.8 Å². The van der Waals surface area contributed by atoms with Gasteiger partial charge in [-0.15, -0.1) is 0 Å². The van der Waals surface area contributed by atoms with E-state index in [9.17, 15) is 0 Å². The van der Waals surface area contributed by atoms with E-state index in [2.05, 4.69) is 53.2 Å². The molecular formula is C34H40N2O2. The second-order valence-electron chi connectivity index (χ2n) is 14.3. The highest BCUT2D eigenvalue weighted by atomic mass is 16.5. The van der Waals surface area contributed by atoms with Crippen molar-refractivity contribution in [1.29, 1.82) is 0 Å². The molecule has 2 saturated carbocycles. The summed E-state index contributed by atoms with van der Waals surface area (Å²) in [5.41, 5.74) is 5.29. The van der Waals surface area contributed by atoms with Crippen LogP contribution in [0.1, 0.15) is 76.2 Å². The Labute approximate surface area is 226 Å². The van der Waals surface area contributed by atoms with E-state index in [0.717, 1.165) is 13.2 Å². The molecule has 3 aliphatic carbocycles. The van der Waals surface area contributed by atoms with Gasteiger partial charge in [0.25, 0.3) is 0 Å². The molecule has 3 spiro atoms. The van der Waals surface area contributed by atoms with Crippen LogP contribution in [0.5, 0.6) is 0 Å². The molecule has 4 nitrogen and oxygen atoms in total. The van der Waals surface area contributed by atoms with Crippen LogP contribution in [0.3, 0.4) is 0 Å². The van der Waals surface area contributed by atoms with Crippen LogP contribution in [0.15, 0.2) is 60.0 Å². The van der Waals surface area contributed by atoms with Crippen LogP contribution in [0.2, 0.25) is 0 Å². The SMILES string of the molecule is C[C@]12CC=C3C=C4CC[C@H](N5CCC6(COC6)C5)C[C@]45CCC3(O5)[C@@H]1CCC2c1ccc2ccncc2c1. The summed E-state index contributed by atoms with van der Waals surface area (Å²) in [5.74, 6) is 1.18. The number of allylic oxidation sites excluding steroid dienone is 1. The summed E-state index contributed by atoms with van der Waals surface area (Å²) < 4.78 is 13.2. The average Bonchev–Trinajstić information content (AvgIpc) is 3.61. The molecule has 2 unspecified atom stereocenters. The van der Waals surface area contributed by atoms with E-state index < -0.39 is 0 Å². The van der Waals surface area contributed by atoms with Gasteiger partial charge < -0.3 is 9.47 Å². The third-order valence-electron chi connectivity index (χ3n) is 12.5. The summed E-state index contributed by atoms with van der Waals surface area (Å²) in [6.07, 6.45) is 20.4. The molecular weight excluding hydrogens is 468 g/mol. The molecule has 5 heterocycles. The Morgan fingerprint density at radius 1 is 1.03 bits per heavy atom. The molecule has 2 bridgehead atoms. The van der Waals surface area contributed by atoms with Gasteiger partial charge in [0.15, 0.2) is 0 Å². The second-order valence-corrected chi connectivity index (χ2v) is 14.3. The molecule has 1 aromatic carbocycles. The normalized spacial score (nSPS) is 42.8. The van der Waals surface area contributed by atoms with Crippen LogP contribution in [0, 0.1) is 16.7 Å². The van der Waals surface area contributed by atoms with Crippen LogP contribution in [0.25, 0.3) is 10.8 Å². The Bertz CT molecular complexity index is 1390. The summed E-state index contributed by atoms with van der Waals surface area (Å²) in [7, 11) is 0. The van der Waals surface area contributed by atoms with Crippen LogP contribution in [-0.4, -0.2) is 53.4 Å². The average molecular weight is 509 g/mol. The first-order valence-electron chi connectivity index (χ1n) is 15.3. The zero-order chi connectivity index (χ0) is 25.2. The first-order valence-corrected chi connectivity index (χ1v) is 15.3. The minimum absolute atomic E-state index is 0.0168. The molecule has 9 rings (SSSR count). The van der Waals surface area contributed by atoms with Crippen molar-refractivity contribution in [2.24, 2.45) is 16.7 Å². The summed E-state index contributed by atoms with van der Waals surface area (Å²) in [6.45, 7) is 7.05. The standard InChI is InChI=1S/C34H40N2O2/c1-31-10-8-27-17-26-4-5-28(36-15-13-32(20-36)21-37-22-32)18-33(26)11-12-34(27,38-33)30(31)7-6-29(31)24-3-2-23-9-14-35-19-25(23)16-24/h2-3,8-9,14,16-17,19,28-30H,4-7,10-13,15,18,20-22H2,1H3/t28-,29?,30+,31+,33+,34?/m0/s1. The Hall–Kier alpha value is -2.01. The number of fused-ring (bicyclic) bond motifs is 2. The fourth-order valence-electron chi connectivity index (χ4n) is 10.5. The predicted molar refractivity (Wildman–Crippen MR) is 149 cm³/mol. The first-order chi connectivity index (χ1) is 18.5. The summed E-state index contributed by atoms with van der Waals surface area (Å²) in [4.78, 5) is 7.22. The van der Waals surface area contributed by atoms with E-state index in [-0.39, 0.29) is 16.6 Å². The van der Waals surface area contributed by atoms with Gasteiger partial charge in [-0.05, 0) is 116 Å². The van der Waals surface area contributed by atoms with Crippen molar-refractivity contribution in [3.05, 3.63) is 65.5 Å². The van der Waals surface area contributed by atoms with Gasteiger partial charge in [-0.25, -0.2) is 0 Å². The molecule has 0 N–H and O–H groups in total. The molecule has 2 aromatic rings. The Kier molecular flexibility index (Phi) is 4.55. The number of rotatable bonds is 2. The Balaban J connectivity index is 1.03. The number of hydrogen-bond acceptors (Lipinski definition) is 4. The van der Waals surface area contributed by atoms with Crippen LogP contribution < -0.4 is 0 Å². The zero-order valence-electron chi connectivity index (χ0n) is 22.8.